The van der Waals surface area contributed by atoms with E-state index >= 15 is 0 Å². The molecule has 13 aromatic carbocycles. The van der Waals surface area contributed by atoms with Gasteiger partial charge in [-0.15, -0.1) is 0 Å². The smallest absolute Gasteiger partial charge is 0.252 e. The van der Waals surface area contributed by atoms with Gasteiger partial charge >= 0.3 is 0 Å². The normalized spacial score (nSPS) is 12.4. The number of furan rings is 1. The highest BCUT2D eigenvalue weighted by molar-refractivity contribution is 7.00. The summed E-state index contributed by atoms with van der Waals surface area (Å²) in [5.41, 5.74) is 26.1. The Morgan fingerprint density at radius 2 is 0.800 bits per heavy atom. The van der Waals surface area contributed by atoms with Crippen molar-refractivity contribution in [3.63, 3.8) is 0 Å². The van der Waals surface area contributed by atoms with Gasteiger partial charge in [0.1, 0.15) is 11.2 Å². The second-order valence-electron chi connectivity index (χ2n) is 24.4. The minimum atomic E-state index is -0.0465. The first-order valence-corrected chi connectivity index (χ1v) is 32.2. The zero-order chi connectivity index (χ0) is 62.5. The highest BCUT2D eigenvalue weighted by Gasteiger charge is 2.44. The minimum Gasteiger partial charge on any atom is -0.455 e. The maximum absolute atomic E-state index is 6.86. The SMILES string of the molecule is c1ccc(-c2cc(-c3ccc(-n4c5ccccc5c5c6oc7ccccc7c6ccc54)c(-c4nc(-c5ccccc5)cc(-c5cccc(-c6ccc7c8c6N(c6ccccc6)c6ccccc6B8c6ccccc6N7c6ccccc6)c5)n4)c3)nc(-c3ccccc3)n2)cc1. The number of fused-ring (bicyclic) bond motifs is 11. The second kappa shape index (κ2) is 22.0. The maximum Gasteiger partial charge on any atom is 0.252 e. The van der Waals surface area contributed by atoms with Crippen LogP contribution >= 0.6 is 0 Å². The van der Waals surface area contributed by atoms with Gasteiger partial charge in [-0.05, 0) is 119 Å². The third-order valence-corrected chi connectivity index (χ3v) is 19.0. The molecule has 0 N–H and O–H groups in total. The third-order valence-electron chi connectivity index (χ3n) is 19.0. The summed E-state index contributed by atoms with van der Waals surface area (Å²) in [6.45, 7) is -0.0465. The predicted molar refractivity (Wildman–Crippen MR) is 391 cm³/mol. The lowest BCUT2D eigenvalue weighted by Crippen LogP contribution is -2.61. The van der Waals surface area contributed by atoms with E-state index in [1.807, 2.05) is 30.3 Å². The van der Waals surface area contributed by atoms with Gasteiger partial charge in [-0.3, -0.25) is 0 Å². The first kappa shape index (κ1) is 54.1. The number of nitrogens with zero attached hydrogens (tertiary/aromatic N) is 7. The van der Waals surface area contributed by atoms with Crippen LogP contribution in [0, 0.1) is 0 Å². The molecule has 0 bridgehead atoms. The summed E-state index contributed by atoms with van der Waals surface area (Å²) in [4.78, 5) is 27.0. The average Bonchev–Trinajstić information content (AvgIpc) is 1.09. The number of aromatic nitrogens is 5. The second-order valence-corrected chi connectivity index (χ2v) is 24.4. The molecule has 19 rings (SSSR count). The van der Waals surface area contributed by atoms with E-state index in [-0.39, 0.29) is 6.71 Å². The Balaban J connectivity index is 0.854. The van der Waals surface area contributed by atoms with Crippen LogP contribution in [0.4, 0.5) is 34.1 Å². The largest absolute Gasteiger partial charge is 0.455 e. The number of hydrogen-bond acceptors (Lipinski definition) is 7. The Morgan fingerprint density at radius 3 is 1.47 bits per heavy atom. The van der Waals surface area contributed by atoms with Crippen LogP contribution in [-0.4, -0.2) is 31.2 Å². The molecule has 442 valence electrons. The van der Waals surface area contributed by atoms with Crippen LogP contribution in [0.5, 0.6) is 0 Å². The fraction of sp³-hybridized carbons (Fsp3) is 0. The van der Waals surface area contributed by atoms with Crippen LogP contribution in [0.15, 0.2) is 332 Å². The lowest BCUT2D eigenvalue weighted by molar-refractivity contribution is 0.673. The summed E-state index contributed by atoms with van der Waals surface area (Å²) >= 11 is 0. The Kier molecular flexibility index (Phi) is 12.5. The van der Waals surface area contributed by atoms with E-state index < -0.39 is 0 Å². The molecule has 2 aliphatic heterocycles. The predicted octanol–water partition coefficient (Wildman–Crippen LogP) is 20.0. The Hall–Kier alpha value is -12.7. The van der Waals surface area contributed by atoms with E-state index in [0.717, 1.165) is 145 Å². The van der Waals surface area contributed by atoms with E-state index in [1.165, 1.54) is 22.1 Å². The lowest BCUT2D eigenvalue weighted by Gasteiger charge is -2.45. The summed E-state index contributed by atoms with van der Waals surface area (Å²) in [7, 11) is 0. The highest BCUT2D eigenvalue weighted by atomic mass is 16.3. The Morgan fingerprint density at radius 1 is 0.295 bits per heavy atom. The molecule has 0 spiro atoms. The van der Waals surface area contributed by atoms with Crippen LogP contribution in [0.2, 0.25) is 0 Å². The van der Waals surface area contributed by atoms with Crippen molar-refractivity contribution in [3.05, 3.63) is 328 Å². The van der Waals surface area contributed by atoms with E-state index in [1.54, 1.807) is 0 Å². The molecule has 6 heterocycles. The number of anilines is 6. The molecule has 0 saturated heterocycles. The zero-order valence-electron chi connectivity index (χ0n) is 51.3. The quantitative estimate of drug-likeness (QED) is 0.126. The monoisotopic (exact) mass is 1210 g/mol. The molecule has 9 heteroatoms. The summed E-state index contributed by atoms with van der Waals surface area (Å²) in [6.07, 6.45) is 0. The number of hydrogen-bond donors (Lipinski definition) is 0. The topological polar surface area (TPSA) is 76.1 Å². The van der Waals surface area contributed by atoms with Gasteiger partial charge in [0.25, 0.3) is 6.71 Å². The van der Waals surface area contributed by atoms with Gasteiger partial charge in [0, 0.05) is 83.5 Å². The van der Waals surface area contributed by atoms with E-state index in [4.69, 9.17) is 24.4 Å². The number of para-hydroxylation sites is 6. The molecule has 0 fully saturated rings. The molecular formula is C86H54BN7O. The maximum atomic E-state index is 6.86. The average molecular weight is 1210 g/mol. The van der Waals surface area contributed by atoms with Gasteiger partial charge < -0.3 is 18.8 Å². The van der Waals surface area contributed by atoms with Crippen molar-refractivity contribution in [1.82, 2.24) is 24.5 Å². The van der Waals surface area contributed by atoms with Gasteiger partial charge in [0.05, 0.1) is 50.6 Å². The van der Waals surface area contributed by atoms with Crippen molar-refractivity contribution in [1.29, 1.82) is 0 Å². The van der Waals surface area contributed by atoms with Crippen LogP contribution in [0.1, 0.15) is 0 Å². The third kappa shape index (κ3) is 8.85. The summed E-state index contributed by atoms with van der Waals surface area (Å²) in [6, 6.07) is 116. The molecule has 0 unspecified atom stereocenters. The standard InChI is InChI=1S/C86H54BN7O/c1-6-25-55(26-7-1)70-53-73(89-85(88-70)57-29-10-3-11-30-57)60-45-48-75(94-74-41-20-16-38-66(74)81-78(94)49-47-65-64-37-17-23-44-80(64)95-84(65)81)67(52-60)86-90-71(56-27-8-2-9-28-56)54-72(91-86)59-32-24-31-58(51-59)63-46-50-79-82-83(63)93(62-35-14-5-15-36-62)77-43-22-19-40-69(77)87(82)68-39-18-21-42-76(68)92(79)61-33-12-4-13-34-61/h1-54H. The fourth-order valence-electron chi connectivity index (χ4n) is 14.8. The first-order chi connectivity index (χ1) is 47.1. The molecule has 4 aromatic heterocycles. The van der Waals surface area contributed by atoms with E-state index in [9.17, 15) is 0 Å². The molecule has 0 amide bonds. The zero-order valence-corrected chi connectivity index (χ0v) is 51.3. The summed E-state index contributed by atoms with van der Waals surface area (Å²) in [5, 5.41) is 4.27. The Bertz CT molecular complexity index is 5810. The molecule has 17 aromatic rings. The molecule has 2 aliphatic rings. The fourth-order valence-corrected chi connectivity index (χ4v) is 14.8. The van der Waals surface area contributed by atoms with Crippen LogP contribution in [-0.2, 0) is 0 Å². The van der Waals surface area contributed by atoms with Crippen LogP contribution in [0.25, 0.3) is 128 Å². The summed E-state index contributed by atoms with van der Waals surface area (Å²) in [5.74, 6) is 1.19. The van der Waals surface area contributed by atoms with Crippen molar-refractivity contribution in [3.8, 4) is 84.6 Å². The highest BCUT2D eigenvalue weighted by Crippen LogP contribution is 2.49. The van der Waals surface area contributed by atoms with Crippen molar-refractivity contribution in [2.24, 2.45) is 0 Å². The Labute approximate surface area is 548 Å². The van der Waals surface area contributed by atoms with Gasteiger partial charge in [-0.25, -0.2) is 19.9 Å². The van der Waals surface area contributed by atoms with Gasteiger partial charge in [0.2, 0.25) is 0 Å². The van der Waals surface area contributed by atoms with E-state index in [2.05, 4.69) is 312 Å². The van der Waals surface area contributed by atoms with E-state index in [0.29, 0.717) is 11.6 Å². The summed E-state index contributed by atoms with van der Waals surface area (Å²) < 4.78 is 9.22. The van der Waals surface area contributed by atoms with Crippen molar-refractivity contribution < 1.29 is 4.42 Å². The molecule has 8 nitrogen and oxygen atoms in total. The molecule has 0 radical (unpaired) electrons. The van der Waals surface area contributed by atoms with Crippen LogP contribution in [0.3, 0.4) is 0 Å². The van der Waals surface area contributed by atoms with Gasteiger partial charge in [0.15, 0.2) is 11.6 Å². The van der Waals surface area contributed by atoms with Crippen LogP contribution < -0.4 is 26.2 Å². The number of rotatable bonds is 10. The first-order valence-electron chi connectivity index (χ1n) is 32.2. The molecule has 0 aliphatic carbocycles. The molecular weight excluding hydrogens is 1160 g/mol. The molecule has 0 atom stereocenters. The van der Waals surface area contributed by atoms with Gasteiger partial charge in [-0.1, -0.05) is 231 Å². The molecule has 0 saturated carbocycles. The van der Waals surface area contributed by atoms with Crippen molar-refractivity contribution in [2.75, 3.05) is 9.80 Å². The van der Waals surface area contributed by atoms with Crippen molar-refractivity contribution >= 4 is 101 Å². The van der Waals surface area contributed by atoms with Crippen molar-refractivity contribution in [2.45, 2.75) is 0 Å². The number of benzene rings is 13. The minimum absolute atomic E-state index is 0.0465. The molecule has 95 heavy (non-hydrogen) atoms. The van der Waals surface area contributed by atoms with Gasteiger partial charge in [-0.2, -0.15) is 0 Å². The lowest BCUT2D eigenvalue weighted by atomic mass is 9.33.